The molecule has 0 aliphatic carbocycles. The van der Waals surface area contributed by atoms with Crippen LogP contribution in [0.5, 0.6) is 5.75 Å². The fourth-order valence-corrected chi connectivity index (χ4v) is 2.66. The Bertz CT molecular complexity index is 593. The van der Waals surface area contributed by atoms with Crippen molar-refractivity contribution >= 4 is 11.6 Å². The maximum absolute atomic E-state index is 6.04. The summed E-state index contributed by atoms with van der Waals surface area (Å²) >= 11 is 6.04. The van der Waals surface area contributed by atoms with Crippen LogP contribution in [0.3, 0.4) is 0 Å². The number of halogens is 1. The lowest BCUT2D eigenvalue weighted by Gasteiger charge is -2.20. The molecule has 0 aliphatic heterocycles. The third-order valence-electron chi connectivity index (χ3n) is 3.73. The number of methoxy groups -OCH3 is 1. The van der Waals surface area contributed by atoms with Crippen LogP contribution in [0.25, 0.3) is 0 Å². The first-order valence-electron chi connectivity index (χ1n) is 7.17. The van der Waals surface area contributed by atoms with E-state index in [-0.39, 0.29) is 6.04 Å². The molecule has 1 unspecified atom stereocenters. The summed E-state index contributed by atoms with van der Waals surface area (Å²) in [6, 6.07) is 14.6. The molecule has 0 saturated heterocycles. The Labute approximate surface area is 132 Å². The molecule has 0 heterocycles. The summed E-state index contributed by atoms with van der Waals surface area (Å²) in [5, 5.41) is 4.04. The van der Waals surface area contributed by atoms with E-state index < -0.39 is 0 Å². The SMILES string of the molecule is CNC(c1ccc(C(C)C)cc1)c1ccc(Cl)cc1OC. The van der Waals surface area contributed by atoms with E-state index in [0.717, 1.165) is 11.3 Å². The van der Waals surface area contributed by atoms with Crippen molar-refractivity contribution in [2.24, 2.45) is 0 Å². The molecule has 0 saturated carbocycles. The summed E-state index contributed by atoms with van der Waals surface area (Å²) in [7, 11) is 3.62. The van der Waals surface area contributed by atoms with Gasteiger partial charge in [0.05, 0.1) is 13.2 Å². The first kappa shape index (κ1) is 15.9. The molecule has 0 aliphatic rings. The highest BCUT2D eigenvalue weighted by atomic mass is 35.5. The lowest BCUT2D eigenvalue weighted by atomic mass is 9.95. The number of hydrogen-bond acceptors (Lipinski definition) is 2. The Morgan fingerprint density at radius 2 is 1.62 bits per heavy atom. The normalized spacial score (nSPS) is 12.5. The van der Waals surface area contributed by atoms with Gasteiger partial charge in [0.1, 0.15) is 5.75 Å². The van der Waals surface area contributed by atoms with E-state index in [1.807, 2.05) is 25.2 Å². The van der Waals surface area contributed by atoms with Gasteiger partial charge in [-0.25, -0.2) is 0 Å². The van der Waals surface area contributed by atoms with Gasteiger partial charge in [-0.1, -0.05) is 55.8 Å². The molecule has 1 atom stereocenters. The molecular weight excluding hydrogens is 282 g/mol. The summed E-state index contributed by atoms with van der Waals surface area (Å²) < 4.78 is 5.47. The maximum atomic E-state index is 6.04. The molecule has 0 aromatic heterocycles. The van der Waals surface area contributed by atoms with Crippen molar-refractivity contribution in [2.75, 3.05) is 14.2 Å². The van der Waals surface area contributed by atoms with Crippen molar-refractivity contribution in [2.45, 2.75) is 25.8 Å². The number of hydrogen-bond donors (Lipinski definition) is 1. The topological polar surface area (TPSA) is 21.3 Å². The largest absolute Gasteiger partial charge is 0.496 e. The highest BCUT2D eigenvalue weighted by Crippen LogP contribution is 2.32. The Morgan fingerprint density at radius 3 is 2.14 bits per heavy atom. The van der Waals surface area contributed by atoms with Gasteiger partial charge in [0, 0.05) is 10.6 Å². The van der Waals surface area contributed by atoms with Gasteiger partial charge < -0.3 is 10.1 Å². The second-order valence-electron chi connectivity index (χ2n) is 5.43. The predicted molar refractivity (Wildman–Crippen MR) is 89.4 cm³/mol. The van der Waals surface area contributed by atoms with Crippen LogP contribution in [-0.4, -0.2) is 14.2 Å². The zero-order valence-electron chi connectivity index (χ0n) is 13.0. The standard InChI is InChI=1S/C18H22ClNO/c1-12(2)13-5-7-14(8-6-13)18(20-3)16-10-9-15(19)11-17(16)21-4/h5-12,18,20H,1-4H3. The van der Waals surface area contributed by atoms with E-state index in [2.05, 4.69) is 43.4 Å². The summed E-state index contributed by atoms with van der Waals surface area (Å²) in [6.07, 6.45) is 0. The van der Waals surface area contributed by atoms with Crippen LogP contribution >= 0.6 is 11.6 Å². The van der Waals surface area contributed by atoms with E-state index in [0.29, 0.717) is 10.9 Å². The third kappa shape index (κ3) is 3.58. The molecule has 2 nitrogen and oxygen atoms in total. The van der Waals surface area contributed by atoms with Crippen LogP contribution in [-0.2, 0) is 0 Å². The van der Waals surface area contributed by atoms with Crippen LogP contribution in [0.2, 0.25) is 5.02 Å². The van der Waals surface area contributed by atoms with Crippen LogP contribution in [0.15, 0.2) is 42.5 Å². The molecule has 0 spiro atoms. The van der Waals surface area contributed by atoms with Gasteiger partial charge in [-0.05, 0) is 36.2 Å². The summed E-state index contributed by atoms with van der Waals surface area (Å²) in [5.41, 5.74) is 3.64. The Hall–Kier alpha value is -1.51. The quantitative estimate of drug-likeness (QED) is 0.858. The molecule has 2 aromatic rings. The second kappa shape index (κ2) is 6.97. The molecule has 112 valence electrons. The number of rotatable bonds is 5. The van der Waals surface area contributed by atoms with Gasteiger partial charge in [-0.15, -0.1) is 0 Å². The van der Waals surface area contributed by atoms with E-state index in [1.54, 1.807) is 7.11 Å². The monoisotopic (exact) mass is 303 g/mol. The van der Waals surface area contributed by atoms with Gasteiger partial charge >= 0.3 is 0 Å². The fourth-order valence-electron chi connectivity index (χ4n) is 2.50. The highest BCUT2D eigenvalue weighted by Gasteiger charge is 2.17. The van der Waals surface area contributed by atoms with Crippen molar-refractivity contribution in [3.05, 3.63) is 64.2 Å². The van der Waals surface area contributed by atoms with Crippen molar-refractivity contribution in [3.63, 3.8) is 0 Å². The highest BCUT2D eigenvalue weighted by molar-refractivity contribution is 6.30. The number of ether oxygens (including phenoxy) is 1. The first-order valence-corrected chi connectivity index (χ1v) is 7.55. The van der Waals surface area contributed by atoms with Crippen molar-refractivity contribution in [3.8, 4) is 5.75 Å². The van der Waals surface area contributed by atoms with E-state index in [4.69, 9.17) is 16.3 Å². The minimum atomic E-state index is 0.0819. The van der Waals surface area contributed by atoms with Crippen LogP contribution < -0.4 is 10.1 Å². The summed E-state index contributed by atoms with van der Waals surface area (Å²) in [6.45, 7) is 4.40. The predicted octanol–water partition coefficient (Wildman–Crippen LogP) is 4.78. The Balaban J connectivity index is 2.39. The Kier molecular flexibility index (Phi) is 5.27. The maximum Gasteiger partial charge on any atom is 0.125 e. The minimum absolute atomic E-state index is 0.0819. The van der Waals surface area contributed by atoms with Gasteiger partial charge in [0.15, 0.2) is 0 Å². The van der Waals surface area contributed by atoms with Crippen molar-refractivity contribution in [1.82, 2.24) is 5.32 Å². The lowest BCUT2D eigenvalue weighted by Crippen LogP contribution is -2.18. The van der Waals surface area contributed by atoms with Crippen molar-refractivity contribution < 1.29 is 4.74 Å². The van der Waals surface area contributed by atoms with Crippen molar-refractivity contribution in [1.29, 1.82) is 0 Å². The average Bonchev–Trinajstić information content (AvgIpc) is 2.49. The van der Waals surface area contributed by atoms with Gasteiger partial charge in [0.2, 0.25) is 0 Å². The molecule has 1 N–H and O–H groups in total. The van der Waals surface area contributed by atoms with Crippen LogP contribution in [0.1, 0.15) is 42.5 Å². The van der Waals surface area contributed by atoms with E-state index in [9.17, 15) is 0 Å². The van der Waals surface area contributed by atoms with E-state index >= 15 is 0 Å². The Morgan fingerprint density at radius 1 is 1.00 bits per heavy atom. The molecule has 0 radical (unpaired) electrons. The van der Waals surface area contributed by atoms with Gasteiger partial charge in [-0.3, -0.25) is 0 Å². The fraction of sp³-hybridized carbons (Fsp3) is 0.333. The molecule has 0 fully saturated rings. The molecule has 0 bridgehead atoms. The van der Waals surface area contributed by atoms with Gasteiger partial charge in [-0.2, -0.15) is 0 Å². The summed E-state index contributed by atoms with van der Waals surface area (Å²) in [4.78, 5) is 0. The molecule has 2 rings (SSSR count). The molecule has 0 amide bonds. The average molecular weight is 304 g/mol. The first-order chi connectivity index (χ1) is 10.1. The zero-order chi connectivity index (χ0) is 15.4. The van der Waals surface area contributed by atoms with Crippen LogP contribution in [0.4, 0.5) is 0 Å². The molecular formula is C18H22ClNO. The number of nitrogens with one attached hydrogen (secondary N) is 1. The van der Waals surface area contributed by atoms with Gasteiger partial charge in [0.25, 0.3) is 0 Å². The molecule has 3 heteroatoms. The zero-order valence-corrected chi connectivity index (χ0v) is 13.7. The smallest absolute Gasteiger partial charge is 0.125 e. The minimum Gasteiger partial charge on any atom is -0.496 e. The lowest BCUT2D eigenvalue weighted by molar-refractivity contribution is 0.405. The molecule has 21 heavy (non-hydrogen) atoms. The second-order valence-corrected chi connectivity index (χ2v) is 5.87. The number of benzene rings is 2. The van der Waals surface area contributed by atoms with E-state index in [1.165, 1.54) is 11.1 Å². The molecule has 2 aromatic carbocycles. The third-order valence-corrected chi connectivity index (χ3v) is 3.97. The van der Waals surface area contributed by atoms with Crippen LogP contribution in [0, 0.1) is 0 Å². The summed E-state index contributed by atoms with van der Waals surface area (Å²) in [5.74, 6) is 1.34.